The molecule has 3 aromatic rings. The Morgan fingerprint density at radius 2 is 1.70 bits per heavy atom. The van der Waals surface area contributed by atoms with Gasteiger partial charge < -0.3 is 4.90 Å². The second-order valence-electron chi connectivity index (χ2n) is 7.04. The first-order valence-electron chi connectivity index (χ1n) is 9.57. The molecular formula is C23H25N3O. The van der Waals surface area contributed by atoms with Crippen molar-refractivity contribution in [3.05, 3.63) is 83.9 Å². The summed E-state index contributed by atoms with van der Waals surface area (Å²) in [4.78, 5) is 15.0. The van der Waals surface area contributed by atoms with Crippen molar-refractivity contribution in [2.75, 3.05) is 6.54 Å². The molecule has 0 aromatic heterocycles. The van der Waals surface area contributed by atoms with Crippen molar-refractivity contribution in [1.29, 1.82) is 0 Å². The van der Waals surface area contributed by atoms with E-state index in [1.54, 1.807) is 0 Å². The maximum absolute atomic E-state index is 13.0. The average molecular weight is 359 g/mol. The Morgan fingerprint density at radius 3 is 2.52 bits per heavy atom. The van der Waals surface area contributed by atoms with Crippen molar-refractivity contribution in [2.45, 2.75) is 32.0 Å². The molecule has 2 N–H and O–H groups in total. The zero-order valence-corrected chi connectivity index (χ0v) is 15.6. The second-order valence-corrected chi connectivity index (χ2v) is 7.04. The minimum atomic E-state index is -0.211. The Hall–Kier alpha value is -2.69. The molecule has 0 saturated carbocycles. The minimum absolute atomic E-state index is 0.125. The van der Waals surface area contributed by atoms with Gasteiger partial charge in [0.1, 0.15) is 6.04 Å². The van der Waals surface area contributed by atoms with Crippen LogP contribution in [0.15, 0.2) is 72.8 Å². The van der Waals surface area contributed by atoms with E-state index in [4.69, 9.17) is 0 Å². The molecule has 138 valence electrons. The van der Waals surface area contributed by atoms with Crippen molar-refractivity contribution in [3.8, 4) is 0 Å². The monoisotopic (exact) mass is 359 g/mol. The normalized spacial score (nSPS) is 19.3. The predicted molar refractivity (Wildman–Crippen MR) is 109 cm³/mol. The van der Waals surface area contributed by atoms with Crippen molar-refractivity contribution in [1.82, 2.24) is 15.8 Å². The summed E-state index contributed by atoms with van der Waals surface area (Å²) in [5.74, 6) is 0.150. The quantitative estimate of drug-likeness (QED) is 0.728. The molecule has 0 radical (unpaired) electrons. The molecule has 1 amide bonds. The molecule has 1 saturated heterocycles. The molecule has 1 heterocycles. The van der Waals surface area contributed by atoms with Crippen LogP contribution in [-0.4, -0.2) is 23.4 Å². The second kappa shape index (κ2) is 7.91. The highest BCUT2D eigenvalue weighted by atomic mass is 16.2. The molecule has 0 aliphatic carbocycles. The van der Waals surface area contributed by atoms with Gasteiger partial charge in [0.05, 0.1) is 0 Å². The Labute approximate surface area is 160 Å². The Kier molecular flexibility index (Phi) is 5.19. The summed E-state index contributed by atoms with van der Waals surface area (Å²) in [6.45, 7) is 3.38. The van der Waals surface area contributed by atoms with E-state index in [0.717, 1.165) is 12.0 Å². The highest BCUT2D eigenvalue weighted by molar-refractivity contribution is 5.87. The molecule has 0 spiro atoms. The lowest BCUT2D eigenvalue weighted by molar-refractivity contribution is -0.133. The Bertz CT molecular complexity index is 920. The highest BCUT2D eigenvalue weighted by Crippen LogP contribution is 2.29. The molecule has 1 aliphatic rings. The van der Waals surface area contributed by atoms with E-state index < -0.39 is 0 Å². The van der Waals surface area contributed by atoms with Crippen molar-refractivity contribution >= 4 is 16.7 Å². The largest absolute Gasteiger partial charge is 0.337 e. The van der Waals surface area contributed by atoms with Gasteiger partial charge in [0, 0.05) is 19.1 Å². The van der Waals surface area contributed by atoms with Crippen LogP contribution in [0, 0.1) is 0 Å². The molecule has 2 atom stereocenters. The highest BCUT2D eigenvalue weighted by Gasteiger charge is 2.33. The van der Waals surface area contributed by atoms with Gasteiger partial charge in [-0.25, -0.2) is 10.9 Å². The van der Waals surface area contributed by atoms with E-state index in [9.17, 15) is 4.79 Å². The number of nitrogens with one attached hydrogen (secondary N) is 2. The predicted octanol–water partition coefficient (Wildman–Crippen LogP) is 3.80. The van der Waals surface area contributed by atoms with Crippen LogP contribution in [0.3, 0.4) is 0 Å². The lowest BCUT2D eigenvalue weighted by Crippen LogP contribution is -2.45. The number of nitrogens with zero attached hydrogens (tertiary/aromatic N) is 1. The van der Waals surface area contributed by atoms with E-state index in [1.165, 1.54) is 16.3 Å². The van der Waals surface area contributed by atoms with E-state index in [0.29, 0.717) is 13.1 Å². The van der Waals surface area contributed by atoms with Crippen LogP contribution in [0.2, 0.25) is 0 Å². The van der Waals surface area contributed by atoms with Gasteiger partial charge in [-0.15, -0.1) is 0 Å². The molecule has 0 bridgehead atoms. The third-order valence-corrected chi connectivity index (χ3v) is 5.31. The zero-order chi connectivity index (χ0) is 18.6. The average Bonchev–Trinajstić information content (AvgIpc) is 3.22. The summed E-state index contributed by atoms with van der Waals surface area (Å²) >= 11 is 0. The van der Waals surface area contributed by atoms with E-state index >= 15 is 0 Å². The maximum Gasteiger partial charge on any atom is 0.241 e. The van der Waals surface area contributed by atoms with Crippen molar-refractivity contribution < 1.29 is 4.79 Å². The van der Waals surface area contributed by atoms with Crippen molar-refractivity contribution in [2.24, 2.45) is 0 Å². The van der Waals surface area contributed by atoms with Crippen LogP contribution in [0.4, 0.5) is 0 Å². The third-order valence-electron chi connectivity index (χ3n) is 5.31. The summed E-state index contributed by atoms with van der Waals surface area (Å²) in [5.41, 5.74) is 8.97. The molecule has 3 aromatic carbocycles. The topological polar surface area (TPSA) is 44.4 Å². The summed E-state index contributed by atoms with van der Waals surface area (Å²) in [6, 6.07) is 24.8. The molecule has 4 heteroatoms. The molecule has 2 unspecified atom stereocenters. The smallest absolute Gasteiger partial charge is 0.241 e. The number of amides is 1. The number of carbonyl (C=O) groups is 1. The minimum Gasteiger partial charge on any atom is -0.337 e. The Balaban J connectivity index is 1.49. The molecule has 4 rings (SSSR count). The zero-order valence-electron chi connectivity index (χ0n) is 15.6. The first-order chi connectivity index (χ1) is 13.3. The molecule has 1 fully saturated rings. The van der Waals surface area contributed by atoms with Gasteiger partial charge in [-0.2, -0.15) is 0 Å². The first-order valence-corrected chi connectivity index (χ1v) is 9.57. The van der Waals surface area contributed by atoms with Gasteiger partial charge in [0.25, 0.3) is 0 Å². The summed E-state index contributed by atoms with van der Waals surface area (Å²) in [7, 11) is 0. The van der Waals surface area contributed by atoms with Gasteiger partial charge in [-0.05, 0) is 35.2 Å². The summed E-state index contributed by atoms with van der Waals surface area (Å²) in [5, 5.41) is 2.47. The number of fused-ring (bicyclic) bond motifs is 1. The number of rotatable bonds is 5. The first kappa shape index (κ1) is 17.7. The van der Waals surface area contributed by atoms with Crippen LogP contribution < -0.4 is 10.9 Å². The van der Waals surface area contributed by atoms with Gasteiger partial charge in [-0.3, -0.25) is 4.79 Å². The molecular weight excluding hydrogens is 334 g/mol. The number of likely N-dealkylation sites (N-methyl/N-ethyl adjacent to an activating group) is 1. The SMILES string of the molecule is CCN(Cc1ccccc1)C(=O)C1CC(c2cccc3ccccc23)NN1. The lowest BCUT2D eigenvalue weighted by Gasteiger charge is -2.24. The number of hydrazine groups is 1. The third kappa shape index (κ3) is 3.72. The van der Waals surface area contributed by atoms with Gasteiger partial charge in [-0.1, -0.05) is 72.8 Å². The fraction of sp³-hybridized carbons (Fsp3) is 0.261. The summed E-state index contributed by atoms with van der Waals surface area (Å²) in [6.07, 6.45) is 0.748. The number of hydrogen-bond donors (Lipinski definition) is 2. The molecule has 4 nitrogen and oxygen atoms in total. The van der Waals surface area contributed by atoms with Gasteiger partial charge >= 0.3 is 0 Å². The van der Waals surface area contributed by atoms with E-state index in [-0.39, 0.29) is 18.0 Å². The van der Waals surface area contributed by atoms with E-state index in [1.807, 2.05) is 30.0 Å². The molecule has 1 aliphatic heterocycles. The standard InChI is InChI=1S/C23H25N3O/c1-2-26(16-17-9-4-3-5-10-17)23(27)22-15-21(24-25-22)20-14-8-12-18-11-6-7-13-19(18)20/h3-14,21-22,24-25H,2,15-16H2,1H3. The fourth-order valence-electron chi connectivity index (χ4n) is 3.85. The van der Waals surface area contributed by atoms with Gasteiger partial charge in [0.2, 0.25) is 5.91 Å². The maximum atomic E-state index is 13.0. The van der Waals surface area contributed by atoms with Crippen LogP contribution in [0.1, 0.15) is 30.5 Å². The van der Waals surface area contributed by atoms with Crippen LogP contribution in [0.5, 0.6) is 0 Å². The van der Waals surface area contributed by atoms with Crippen LogP contribution >= 0.6 is 0 Å². The Morgan fingerprint density at radius 1 is 0.963 bits per heavy atom. The van der Waals surface area contributed by atoms with Crippen LogP contribution in [0.25, 0.3) is 10.8 Å². The number of hydrogen-bond acceptors (Lipinski definition) is 3. The van der Waals surface area contributed by atoms with E-state index in [2.05, 4.69) is 65.4 Å². The van der Waals surface area contributed by atoms with Crippen LogP contribution in [-0.2, 0) is 11.3 Å². The lowest BCUT2D eigenvalue weighted by atomic mass is 9.96. The number of carbonyl (C=O) groups excluding carboxylic acids is 1. The number of benzene rings is 3. The molecule has 27 heavy (non-hydrogen) atoms. The fourth-order valence-corrected chi connectivity index (χ4v) is 3.85. The van der Waals surface area contributed by atoms with Crippen molar-refractivity contribution in [3.63, 3.8) is 0 Å². The summed E-state index contributed by atoms with van der Waals surface area (Å²) < 4.78 is 0. The van der Waals surface area contributed by atoms with Gasteiger partial charge in [0.15, 0.2) is 0 Å².